The summed E-state index contributed by atoms with van der Waals surface area (Å²) >= 11 is 0. The van der Waals surface area contributed by atoms with E-state index in [1.165, 1.54) is 0 Å². The first kappa shape index (κ1) is 16.0. The molecular formula is C17H26N2O2. The lowest BCUT2D eigenvalue weighted by atomic mass is 9.93. The Morgan fingerprint density at radius 3 is 2.71 bits per heavy atom. The molecule has 1 fully saturated rings. The number of morpholine rings is 1. The van der Waals surface area contributed by atoms with Crippen LogP contribution in [0.2, 0.25) is 0 Å². The molecule has 4 unspecified atom stereocenters. The third kappa shape index (κ3) is 3.63. The fourth-order valence-corrected chi connectivity index (χ4v) is 2.83. The van der Waals surface area contributed by atoms with Crippen LogP contribution in [0, 0.1) is 5.92 Å². The van der Waals surface area contributed by atoms with Crippen LogP contribution < -0.4 is 5.73 Å². The minimum Gasteiger partial charge on any atom is -0.375 e. The van der Waals surface area contributed by atoms with Gasteiger partial charge < -0.3 is 15.4 Å². The van der Waals surface area contributed by atoms with Gasteiger partial charge >= 0.3 is 0 Å². The first-order valence-electron chi connectivity index (χ1n) is 7.77. The van der Waals surface area contributed by atoms with Crippen molar-refractivity contribution in [2.45, 2.75) is 45.4 Å². The van der Waals surface area contributed by atoms with Gasteiger partial charge in [-0.1, -0.05) is 44.2 Å². The van der Waals surface area contributed by atoms with E-state index in [1.807, 2.05) is 49.1 Å². The summed E-state index contributed by atoms with van der Waals surface area (Å²) in [5, 5.41) is 0. The summed E-state index contributed by atoms with van der Waals surface area (Å²) in [6, 6.07) is 9.73. The number of carbonyl (C=O) groups excluding carboxylic acids is 1. The van der Waals surface area contributed by atoms with Crippen molar-refractivity contribution in [3.05, 3.63) is 35.9 Å². The molecule has 1 amide bonds. The highest BCUT2D eigenvalue weighted by Crippen LogP contribution is 2.24. The largest absolute Gasteiger partial charge is 0.375 e. The van der Waals surface area contributed by atoms with Crippen molar-refractivity contribution in [3.63, 3.8) is 0 Å². The molecular weight excluding hydrogens is 264 g/mol. The number of benzene rings is 1. The fourth-order valence-electron chi connectivity index (χ4n) is 2.83. The molecule has 2 rings (SSSR count). The van der Waals surface area contributed by atoms with E-state index >= 15 is 0 Å². The van der Waals surface area contributed by atoms with Crippen molar-refractivity contribution < 1.29 is 9.53 Å². The van der Waals surface area contributed by atoms with Crippen LogP contribution >= 0.6 is 0 Å². The normalized spacial score (nSPS) is 25.4. The lowest BCUT2D eigenvalue weighted by Gasteiger charge is -2.40. The van der Waals surface area contributed by atoms with Gasteiger partial charge in [-0.15, -0.1) is 0 Å². The molecule has 1 aromatic carbocycles. The molecule has 0 aromatic heterocycles. The molecule has 0 bridgehead atoms. The first-order valence-corrected chi connectivity index (χ1v) is 7.77. The quantitative estimate of drug-likeness (QED) is 0.926. The number of ether oxygens (including phenoxy) is 1. The number of rotatable bonds is 4. The minimum atomic E-state index is -0.269. The van der Waals surface area contributed by atoms with Crippen LogP contribution in [0.5, 0.6) is 0 Å². The molecule has 1 aliphatic rings. The zero-order valence-corrected chi connectivity index (χ0v) is 13.2. The van der Waals surface area contributed by atoms with Crippen LogP contribution in [0.3, 0.4) is 0 Å². The van der Waals surface area contributed by atoms with Gasteiger partial charge in [0.1, 0.15) is 0 Å². The van der Waals surface area contributed by atoms with Crippen molar-refractivity contribution in [2.24, 2.45) is 11.7 Å². The second-order valence-electron chi connectivity index (χ2n) is 5.92. The van der Waals surface area contributed by atoms with Crippen LogP contribution in [0.15, 0.2) is 30.3 Å². The highest BCUT2D eigenvalue weighted by molar-refractivity contribution is 5.80. The van der Waals surface area contributed by atoms with Gasteiger partial charge in [-0.3, -0.25) is 4.79 Å². The van der Waals surface area contributed by atoms with Crippen molar-refractivity contribution in [1.82, 2.24) is 4.90 Å². The summed E-state index contributed by atoms with van der Waals surface area (Å²) in [7, 11) is 0. The summed E-state index contributed by atoms with van der Waals surface area (Å²) < 4.78 is 5.66. The van der Waals surface area contributed by atoms with Gasteiger partial charge in [-0.05, 0) is 18.9 Å². The molecule has 0 saturated carbocycles. The SMILES string of the molecule is CCC1COC(C)CN1C(=O)C(C)C(N)c1ccccc1. The molecule has 1 aromatic rings. The van der Waals surface area contributed by atoms with E-state index < -0.39 is 0 Å². The summed E-state index contributed by atoms with van der Waals surface area (Å²) in [4.78, 5) is 14.8. The molecule has 21 heavy (non-hydrogen) atoms. The molecule has 1 aliphatic heterocycles. The molecule has 1 saturated heterocycles. The maximum atomic E-state index is 12.8. The minimum absolute atomic E-state index is 0.0944. The third-order valence-electron chi connectivity index (χ3n) is 4.33. The number of nitrogens with two attached hydrogens (primary N) is 1. The standard InChI is InChI=1S/C17H26N2O2/c1-4-15-11-21-12(2)10-19(15)17(20)13(3)16(18)14-8-6-5-7-9-14/h5-9,12-13,15-16H,4,10-11,18H2,1-3H3. The van der Waals surface area contributed by atoms with E-state index in [2.05, 4.69) is 6.92 Å². The monoisotopic (exact) mass is 290 g/mol. The Morgan fingerprint density at radius 1 is 1.43 bits per heavy atom. The van der Waals surface area contributed by atoms with Gasteiger partial charge in [-0.2, -0.15) is 0 Å². The average Bonchev–Trinajstić information content (AvgIpc) is 2.53. The second kappa shape index (κ2) is 7.05. The van der Waals surface area contributed by atoms with Crippen LogP contribution in [0.4, 0.5) is 0 Å². The Balaban J connectivity index is 2.10. The molecule has 0 radical (unpaired) electrons. The van der Waals surface area contributed by atoms with E-state index in [4.69, 9.17) is 10.5 Å². The van der Waals surface area contributed by atoms with Crippen LogP contribution in [0.25, 0.3) is 0 Å². The van der Waals surface area contributed by atoms with E-state index in [-0.39, 0.29) is 30.0 Å². The summed E-state index contributed by atoms with van der Waals surface area (Å²) in [5.41, 5.74) is 7.30. The van der Waals surface area contributed by atoms with Crippen molar-refractivity contribution in [1.29, 1.82) is 0 Å². The maximum absolute atomic E-state index is 12.8. The van der Waals surface area contributed by atoms with E-state index in [1.54, 1.807) is 0 Å². The molecule has 4 heteroatoms. The number of nitrogens with zero attached hydrogens (tertiary/aromatic N) is 1. The smallest absolute Gasteiger partial charge is 0.227 e. The number of hydrogen-bond donors (Lipinski definition) is 1. The van der Waals surface area contributed by atoms with Gasteiger partial charge in [0.25, 0.3) is 0 Å². The fraction of sp³-hybridized carbons (Fsp3) is 0.588. The summed E-state index contributed by atoms with van der Waals surface area (Å²) in [5.74, 6) is -0.0971. The van der Waals surface area contributed by atoms with Crippen LogP contribution in [-0.2, 0) is 9.53 Å². The number of carbonyl (C=O) groups is 1. The Morgan fingerprint density at radius 2 is 2.10 bits per heavy atom. The third-order valence-corrected chi connectivity index (χ3v) is 4.33. The topological polar surface area (TPSA) is 55.6 Å². The average molecular weight is 290 g/mol. The van der Waals surface area contributed by atoms with Crippen LogP contribution in [-0.4, -0.2) is 36.1 Å². The van der Waals surface area contributed by atoms with Gasteiger partial charge in [0.15, 0.2) is 0 Å². The van der Waals surface area contributed by atoms with Gasteiger partial charge in [-0.25, -0.2) is 0 Å². The Labute approximate surface area is 127 Å². The van der Waals surface area contributed by atoms with Gasteiger partial charge in [0.05, 0.1) is 24.7 Å². The lowest BCUT2D eigenvalue weighted by Crippen LogP contribution is -2.53. The molecule has 116 valence electrons. The Bertz CT molecular complexity index is 463. The second-order valence-corrected chi connectivity index (χ2v) is 5.92. The Hall–Kier alpha value is -1.39. The molecule has 2 N–H and O–H groups in total. The number of amides is 1. The van der Waals surface area contributed by atoms with Gasteiger partial charge in [0, 0.05) is 12.6 Å². The molecule has 4 nitrogen and oxygen atoms in total. The highest BCUT2D eigenvalue weighted by Gasteiger charge is 2.34. The predicted molar refractivity (Wildman–Crippen MR) is 83.7 cm³/mol. The predicted octanol–water partition coefficient (Wildman–Crippen LogP) is 2.35. The van der Waals surface area contributed by atoms with E-state index in [0.717, 1.165) is 12.0 Å². The maximum Gasteiger partial charge on any atom is 0.227 e. The highest BCUT2D eigenvalue weighted by atomic mass is 16.5. The molecule has 4 atom stereocenters. The van der Waals surface area contributed by atoms with Crippen molar-refractivity contribution in [3.8, 4) is 0 Å². The van der Waals surface area contributed by atoms with E-state index in [9.17, 15) is 4.79 Å². The van der Waals surface area contributed by atoms with Crippen molar-refractivity contribution >= 4 is 5.91 Å². The van der Waals surface area contributed by atoms with Gasteiger partial charge in [0.2, 0.25) is 5.91 Å². The molecule has 1 heterocycles. The zero-order valence-electron chi connectivity index (χ0n) is 13.2. The van der Waals surface area contributed by atoms with Crippen molar-refractivity contribution in [2.75, 3.05) is 13.2 Å². The summed E-state index contributed by atoms with van der Waals surface area (Å²) in [6.07, 6.45) is 1.00. The van der Waals surface area contributed by atoms with Crippen LogP contribution in [0.1, 0.15) is 38.8 Å². The first-order chi connectivity index (χ1) is 10.0. The summed E-state index contributed by atoms with van der Waals surface area (Å²) in [6.45, 7) is 7.30. The van der Waals surface area contributed by atoms with E-state index in [0.29, 0.717) is 13.2 Å². The molecule has 0 spiro atoms. The molecule has 0 aliphatic carbocycles. The lowest BCUT2D eigenvalue weighted by molar-refractivity contribution is -0.148. The zero-order chi connectivity index (χ0) is 15.4. The number of hydrogen-bond acceptors (Lipinski definition) is 3. The Kier molecular flexibility index (Phi) is 5.37.